The Labute approximate surface area is 132 Å². The lowest BCUT2D eigenvalue weighted by Crippen LogP contribution is -2.26. The average molecular weight is 346 g/mol. The molecule has 0 aliphatic carbocycles. The summed E-state index contributed by atoms with van der Waals surface area (Å²) in [7, 11) is 0. The van der Waals surface area contributed by atoms with E-state index in [1.807, 2.05) is 61.5 Å². The van der Waals surface area contributed by atoms with Crippen molar-refractivity contribution in [3.05, 3.63) is 64.6 Å². The molecule has 0 saturated carbocycles. The smallest absolute Gasteiger partial charge is 0.259 e. The largest absolute Gasteiger partial charge is 0.376 e. The van der Waals surface area contributed by atoms with E-state index >= 15 is 0 Å². The molecule has 0 heterocycles. The Morgan fingerprint density at radius 1 is 1.14 bits per heavy atom. The quantitative estimate of drug-likeness (QED) is 0.644. The number of hydrogen-bond acceptors (Lipinski definition) is 3. The minimum atomic E-state index is -0.190. The summed E-state index contributed by atoms with van der Waals surface area (Å²) < 4.78 is 0.964. The molecule has 21 heavy (non-hydrogen) atoms. The lowest BCUT2D eigenvalue weighted by Gasteiger charge is -2.06. The van der Waals surface area contributed by atoms with Crippen molar-refractivity contribution in [2.45, 2.75) is 6.92 Å². The van der Waals surface area contributed by atoms with Crippen LogP contribution in [0.4, 0.5) is 5.69 Å². The Balaban J connectivity index is 1.85. The first kappa shape index (κ1) is 15.3. The van der Waals surface area contributed by atoms with E-state index < -0.39 is 0 Å². The van der Waals surface area contributed by atoms with Gasteiger partial charge in [0.05, 0.1) is 12.3 Å². The number of hydrogen-bond donors (Lipinski definition) is 2. The number of amides is 1. The second kappa shape index (κ2) is 7.59. The molecule has 0 aliphatic rings. The zero-order valence-corrected chi connectivity index (χ0v) is 13.2. The van der Waals surface area contributed by atoms with E-state index in [9.17, 15) is 4.79 Å². The van der Waals surface area contributed by atoms with Gasteiger partial charge in [-0.25, -0.2) is 5.43 Å². The molecule has 0 aliphatic heterocycles. The van der Waals surface area contributed by atoms with E-state index in [0.717, 1.165) is 21.4 Å². The molecule has 0 unspecified atom stereocenters. The zero-order chi connectivity index (χ0) is 15.1. The second-order valence-electron chi connectivity index (χ2n) is 4.46. The Hall–Kier alpha value is -2.14. The number of nitrogens with one attached hydrogen (secondary N) is 2. The Morgan fingerprint density at radius 3 is 2.62 bits per heavy atom. The molecule has 2 N–H and O–H groups in total. The second-order valence-corrected chi connectivity index (χ2v) is 5.38. The first-order chi connectivity index (χ1) is 10.1. The van der Waals surface area contributed by atoms with E-state index in [1.54, 1.807) is 0 Å². The highest BCUT2D eigenvalue weighted by Crippen LogP contribution is 2.15. The van der Waals surface area contributed by atoms with Gasteiger partial charge in [0.2, 0.25) is 0 Å². The molecule has 108 valence electrons. The summed E-state index contributed by atoms with van der Waals surface area (Å²) in [4.78, 5) is 11.7. The molecule has 0 bridgehead atoms. The van der Waals surface area contributed by atoms with E-state index in [-0.39, 0.29) is 12.5 Å². The maximum Gasteiger partial charge on any atom is 0.259 e. The van der Waals surface area contributed by atoms with Crippen LogP contribution in [0.15, 0.2) is 64.2 Å². The summed E-state index contributed by atoms with van der Waals surface area (Å²) in [6, 6.07) is 17.4. The molecule has 2 rings (SSSR count). The highest BCUT2D eigenvalue weighted by Gasteiger charge is 2.01. The van der Waals surface area contributed by atoms with Gasteiger partial charge < -0.3 is 5.32 Å². The van der Waals surface area contributed by atoms with Crippen molar-refractivity contribution in [2.24, 2.45) is 5.10 Å². The van der Waals surface area contributed by atoms with E-state index in [0.29, 0.717) is 0 Å². The minimum Gasteiger partial charge on any atom is -0.376 e. The summed E-state index contributed by atoms with van der Waals surface area (Å²) in [5.74, 6) is -0.190. The number of rotatable bonds is 5. The lowest BCUT2D eigenvalue weighted by atomic mass is 10.1. The molecule has 4 nitrogen and oxygen atoms in total. The number of carbonyl (C=O) groups is 1. The van der Waals surface area contributed by atoms with Gasteiger partial charge in [-0.1, -0.05) is 52.3 Å². The van der Waals surface area contributed by atoms with Crippen LogP contribution < -0.4 is 10.7 Å². The molecule has 0 radical (unpaired) electrons. The van der Waals surface area contributed by atoms with Crippen molar-refractivity contribution in [1.29, 1.82) is 0 Å². The highest BCUT2D eigenvalue weighted by molar-refractivity contribution is 9.10. The van der Waals surface area contributed by atoms with Gasteiger partial charge in [0.25, 0.3) is 5.91 Å². The van der Waals surface area contributed by atoms with Gasteiger partial charge in [0.1, 0.15) is 0 Å². The molecule has 2 aromatic rings. The topological polar surface area (TPSA) is 53.5 Å². The number of nitrogens with zero attached hydrogens (tertiary/aromatic N) is 1. The fourth-order valence-corrected chi connectivity index (χ4v) is 2.11. The average Bonchev–Trinajstić information content (AvgIpc) is 2.51. The van der Waals surface area contributed by atoms with Crippen molar-refractivity contribution in [1.82, 2.24) is 5.43 Å². The molecular formula is C16H16BrN3O. The van der Waals surface area contributed by atoms with Crippen LogP contribution in [-0.4, -0.2) is 18.2 Å². The van der Waals surface area contributed by atoms with Gasteiger partial charge in [-0.2, -0.15) is 5.10 Å². The van der Waals surface area contributed by atoms with Crippen LogP contribution in [0.2, 0.25) is 0 Å². The number of hydrazone groups is 1. The fraction of sp³-hybridized carbons (Fsp3) is 0.125. The molecule has 1 amide bonds. The number of anilines is 1. The molecule has 2 aromatic carbocycles. The number of benzene rings is 2. The third-order valence-corrected chi connectivity index (χ3v) is 3.31. The SMILES string of the molecule is CC(=NNC(=O)CNc1cccc(Br)c1)c1ccccc1. The molecule has 0 fully saturated rings. The maximum atomic E-state index is 11.7. The van der Waals surface area contributed by atoms with Crippen molar-refractivity contribution >= 4 is 33.2 Å². The summed E-state index contributed by atoms with van der Waals surface area (Å²) in [6.07, 6.45) is 0. The minimum absolute atomic E-state index is 0.169. The normalized spacial score (nSPS) is 11.0. The van der Waals surface area contributed by atoms with Gasteiger partial charge in [0.15, 0.2) is 0 Å². The fourth-order valence-electron chi connectivity index (χ4n) is 1.71. The van der Waals surface area contributed by atoms with Gasteiger partial charge in [-0.15, -0.1) is 0 Å². The van der Waals surface area contributed by atoms with Gasteiger partial charge >= 0.3 is 0 Å². The Bertz CT molecular complexity index is 641. The molecule has 0 atom stereocenters. The van der Waals surface area contributed by atoms with Crippen LogP contribution in [-0.2, 0) is 4.79 Å². The first-order valence-corrected chi connectivity index (χ1v) is 7.32. The third kappa shape index (κ3) is 5.04. The number of halogens is 1. The van der Waals surface area contributed by atoms with Gasteiger partial charge in [0, 0.05) is 10.2 Å². The molecule has 0 spiro atoms. The zero-order valence-electron chi connectivity index (χ0n) is 11.6. The predicted octanol–water partition coefficient (Wildman–Crippen LogP) is 3.40. The number of carbonyl (C=O) groups excluding carboxylic acids is 1. The van der Waals surface area contributed by atoms with Crippen molar-refractivity contribution in [3.8, 4) is 0 Å². The highest BCUT2D eigenvalue weighted by atomic mass is 79.9. The van der Waals surface area contributed by atoms with E-state index in [1.165, 1.54) is 0 Å². The van der Waals surface area contributed by atoms with Crippen LogP contribution >= 0.6 is 15.9 Å². The summed E-state index contributed by atoms with van der Waals surface area (Å²) in [5.41, 5.74) is 5.17. The summed E-state index contributed by atoms with van der Waals surface area (Å²) >= 11 is 3.38. The molecule has 0 saturated heterocycles. The van der Waals surface area contributed by atoms with Crippen molar-refractivity contribution < 1.29 is 4.79 Å². The molecule has 5 heteroatoms. The van der Waals surface area contributed by atoms with E-state index in [4.69, 9.17) is 0 Å². The lowest BCUT2D eigenvalue weighted by molar-refractivity contribution is -0.119. The Kier molecular flexibility index (Phi) is 5.51. The maximum absolute atomic E-state index is 11.7. The van der Waals surface area contributed by atoms with Crippen LogP contribution in [0.25, 0.3) is 0 Å². The van der Waals surface area contributed by atoms with Gasteiger partial charge in [-0.3, -0.25) is 4.79 Å². The standard InChI is InChI=1S/C16H16BrN3O/c1-12(13-6-3-2-4-7-13)19-20-16(21)11-18-15-9-5-8-14(17)10-15/h2-10,18H,11H2,1H3,(H,20,21). The third-order valence-electron chi connectivity index (χ3n) is 2.82. The summed E-state index contributed by atoms with van der Waals surface area (Å²) in [5, 5.41) is 7.13. The summed E-state index contributed by atoms with van der Waals surface area (Å²) in [6.45, 7) is 2.03. The molecular weight excluding hydrogens is 330 g/mol. The van der Waals surface area contributed by atoms with Gasteiger partial charge in [-0.05, 0) is 30.7 Å². The van der Waals surface area contributed by atoms with Crippen LogP contribution in [0.3, 0.4) is 0 Å². The predicted molar refractivity (Wildman–Crippen MR) is 89.4 cm³/mol. The molecule has 0 aromatic heterocycles. The van der Waals surface area contributed by atoms with Crippen LogP contribution in [0, 0.1) is 0 Å². The van der Waals surface area contributed by atoms with Crippen LogP contribution in [0.1, 0.15) is 12.5 Å². The monoisotopic (exact) mass is 345 g/mol. The van der Waals surface area contributed by atoms with Crippen molar-refractivity contribution in [2.75, 3.05) is 11.9 Å². The van der Waals surface area contributed by atoms with Crippen LogP contribution in [0.5, 0.6) is 0 Å². The van der Waals surface area contributed by atoms with E-state index in [2.05, 4.69) is 31.8 Å². The Morgan fingerprint density at radius 2 is 1.90 bits per heavy atom. The van der Waals surface area contributed by atoms with Crippen molar-refractivity contribution in [3.63, 3.8) is 0 Å². The first-order valence-electron chi connectivity index (χ1n) is 6.53.